The molecule has 0 saturated heterocycles. The minimum Gasteiger partial charge on any atom is -0.331 e. The molecule has 1 amide bonds. The molecule has 116 valence electrons. The van der Waals surface area contributed by atoms with Gasteiger partial charge in [-0.1, -0.05) is 18.2 Å². The van der Waals surface area contributed by atoms with Crippen LogP contribution >= 0.6 is 11.3 Å². The Hall–Kier alpha value is -2.45. The van der Waals surface area contributed by atoms with Gasteiger partial charge in [-0.2, -0.15) is 5.26 Å². The maximum atomic E-state index is 12.8. The number of nitrogens with zero attached hydrogens (tertiary/aromatic N) is 3. The van der Waals surface area contributed by atoms with Crippen LogP contribution in [-0.4, -0.2) is 22.3 Å². The van der Waals surface area contributed by atoms with E-state index in [1.165, 1.54) is 28.0 Å². The van der Waals surface area contributed by atoms with Crippen molar-refractivity contribution in [2.45, 2.75) is 26.3 Å². The van der Waals surface area contributed by atoms with Crippen LogP contribution in [0.15, 0.2) is 35.3 Å². The van der Waals surface area contributed by atoms with E-state index in [1.807, 2.05) is 24.4 Å². The SMILES string of the molecule is Cc1cccc2c1CCN(C(=O)/C(C#N)=C/c1nccs1)C2C. The number of carbonyl (C=O) groups excluding carboxylic acids is 1. The second-order valence-corrected chi connectivity index (χ2v) is 6.53. The number of hydrogen-bond acceptors (Lipinski definition) is 4. The van der Waals surface area contributed by atoms with Gasteiger partial charge < -0.3 is 4.90 Å². The average molecular weight is 323 g/mol. The van der Waals surface area contributed by atoms with E-state index in [-0.39, 0.29) is 17.5 Å². The first-order valence-electron chi connectivity index (χ1n) is 7.52. The minimum atomic E-state index is -0.220. The number of carbonyl (C=O) groups is 1. The van der Waals surface area contributed by atoms with Gasteiger partial charge in [0.15, 0.2) is 0 Å². The van der Waals surface area contributed by atoms with Gasteiger partial charge in [0.05, 0.1) is 6.04 Å². The molecule has 0 bridgehead atoms. The second kappa shape index (κ2) is 6.35. The highest BCUT2D eigenvalue weighted by molar-refractivity contribution is 7.10. The summed E-state index contributed by atoms with van der Waals surface area (Å²) in [5, 5.41) is 11.9. The number of aromatic nitrogens is 1. The van der Waals surface area contributed by atoms with E-state index in [0.717, 1.165) is 6.42 Å². The molecule has 0 radical (unpaired) electrons. The third-order valence-electron chi connectivity index (χ3n) is 4.30. The summed E-state index contributed by atoms with van der Waals surface area (Å²) in [5.41, 5.74) is 3.91. The van der Waals surface area contributed by atoms with Crippen molar-refractivity contribution in [2.75, 3.05) is 6.54 Å². The maximum absolute atomic E-state index is 12.8. The summed E-state index contributed by atoms with van der Waals surface area (Å²) in [7, 11) is 0. The summed E-state index contributed by atoms with van der Waals surface area (Å²) in [4.78, 5) is 18.7. The molecule has 1 unspecified atom stereocenters. The number of aryl methyl sites for hydroxylation is 1. The molecule has 2 aromatic rings. The summed E-state index contributed by atoms with van der Waals surface area (Å²) in [6, 6.07) is 8.20. The lowest BCUT2D eigenvalue weighted by Gasteiger charge is -2.35. The van der Waals surface area contributed by atoms with Crippen LogP contribution in [0.25, 0.3) is 6.08 Å². The molecular weight excluding hydrogens is 306 g/mol. The van der Waals surface area contributed by atoms with Gasteiger partial charge in [0.25, 0.3) is 5.91 Å². The van der Waals surface area contributed by atoms with Gasteiger partial charge in [0, 0.05) is 18.1 Å². The van der Waals surface area contributed by atoms with E-state index in [0.29, 0.717) is 11.6 Å². The summed E-state index contributed by atoms with van der Waals surface area (Å²) < 4.78 is 0. The van der Waals surface area contributed by atoms with Crippen molar-refractivity contribution in [3.63, 3.8) is 0 Å². The smallest absolute Gasteiger partial charge is 0.265 e. The molecule has 0 fully saturated rings. The maximum Gasteiger partial charge on any atom is 0.265 e. The van der Waals surface area contributed by atoms with Crippen molar-refractivity contribution in [3.05, 3.63) is 57.0 Å². The number of nitriles is 1. The van der Waals surface area contributed by atoms with Crippen molar-refractivity contribution in [3.8, 4) is 6.07 Å². The molecule has 0 N–H and O–H groups in total. The van der Waals surface area contributed by atoms with Crippen molar-refractivity contribution in [1.29, 1.82) is 5.26 Å². The zero-order chi connectivity index (χ0) is 16.4. The Morgan fingerprint density at radius 1 is 1.52 bits per heavy atom. The highest BCUT2D eigenvalue weighted by Crippen LogP contribution is 2.32. The molecule has 1 aliphatic heterocycles. The molecule has 23 heavy (non-hydrogen) atoms. The topological polar surface area (TPSA) is 57.0 Å². The fraction of sp³-hybridized carbons (Fsp3) is 0.278. The van der Waals surface area contributed by atoms with E-state index in [9.17, 15) is 10.1 Å². The largest absolute Gasteiger partial charge is 0.331 e. The Labute approximate surface area is 139 Å². The van der Waals surface area contributed by atoms with Crippen LogP contribution in [0.2, 0.25) is 0 Å². The van der Waals surface area contributed by atoms with Gasteiger partial charge in [-0.15, -0.1) is 11.3 Å². The molecule has 3 rings (SSSR count). The molecule has 1 aromatic heterocycles. The lowest BCUT2D eigenvalue weighted by molar-refractivity contribution is -0.129. The number of thiazole rings is 1. The monoisotopic (exact) mass is 323 g/mol. The average Bonchev–Trinajstić information content (AvgIpc) is 3.06. The molecule has 5 heteroatoms. The second-order valence-electron chi connectivity index (χ2n) is 5.61. The lowest BCUT2D eigenvalue weighted by atomic mass is 9.90. The lowest BCUT2D eigenvalue weighted by Crippen LogP contribution is -2.39. The molecule has 0 aliphatic carbocycles. The van der Waals surface area contributed by atoms with Crippen LogP contribution < -0.4 is 0 Å². The third-order valence-corrected chi connectivity index (χ3v) is 5.02. The summed E-state index contributed by atoms with van der Waals surface area (Å²) >= 11 is 1.41. The van der Waals surface area contributed by atoms with E-state index in [1.54, 1.807) is 17.2 Å². The normalized spacial score (nSPS) is 17.5. The molecule has 0 spiro atoms. The Kier molecular flexibility index (Phi) is 4.26. The van der Waals surface area contributed by atoms with Gasteiger partial charge in [-0.25, -0.2) is 4.98 Å². The van der Waals surface area contributed by atoms with Crippen molar-refractivity contribution < 1.29 is 4.79 Å². The van der Waals surface area contributed by atoms with Crippen LogP contribution in [0.5, 0.6) is 0 Å². The fourth-order valence-electron chi connectivity index (χ4n) is 3.05. The molecule has 1 aromatic carbocycles. The first-order chi connectivity index (χ1) is 11.1. The predicted octanol–water partition coefficient (Wildman–Crippen LogP) is 3.50. The number of fused-ring (bicyclic) bond motifs is 1. The van der Waals surface area contributed by atoms with E-state index in [4.69, 9.17) is 0 Å². The number of hydrogen-bond donors (Lipinski definition) is 0. The number of rotatable bonds is 2. The molecule has 1 aliphatic rings. The molecular formula is C18H17N3OS. The standard InChI is InChI=1S/C18H17N3OS/c1-12-4-3-5-16-13(2)21(8-6-15(12)16)18(22)14(11-19)10-17-20-7-9-23-17/h3-5,7,9-10,13H,6,8H2,1-2H3/b14-10+. The Morgan fingerprint density at radius 2 is 2.35 bits per heavy atom. The van der Waals surface area contributed by atoms with Crippen molar-refractivity contribution in [1.82, 2.24) is 9.88 Å². The van der Waals surface area contributed by atoms with E-state index >= 15 is 0 Å². The Balaban J connectivity index is 1.90. The first-order valence-corrected chi connectivity index (χ1v) is 8.40. The van der Waals surface area contributed by atoms with Crippen LogP contribution in [0, 0.1) is 18.3 Å². The first kappa shape index (κ1) is 15.4. The summed E-state index contributed by atoms with van der Waals surface area (Å²) in [6.07, 6.45) is 4.07. The van der Waals surface area contributed by atoms with Crippen molar-refractivity contribution >= 4 is 23.3 Å². The van der Waals surface area contributed by atoms with Crippen LogP contribution in [-0.2, 0) is 11.2 Å². The zero-order valence-corrected chi connectivity index (χ0v) is 13.9. The highest BCUT2D eigenvalue weighted by Gasteiger charge is 2.30. The van der Waals surface area contributed by atoms with Gasteiger partial charge >= 0.3 is 0 Å². The van der Waals surface area contributed by atoms with Crippen LogP contribution in [0.1, 0.15) is 34.7 Å². The Morgan fingerprint density at radius 3 is 3.04 bits per heavy atom. The van der Waals surface area contributed by atoms with Crippen molar-refractivity contribution in [2.24, 2.45) is 0 Å². The van der Waals surface area contributed by atoms with Gasteiger partial charge in [-0.05, 0) is 43.0 Å². The molecule has 2 heterocycles. The zero-order valence-electron chi connectivity index (χ0n) is 13.1. The highest BCUT2D eigenvalue weighted by atomic mass is 32.1. The van der Waals surface area contributed by atoms with Gasteiger partial charge in [-0.3, -0.25) is 4.79 Å². The number of benzene rings is 1. The minimum absolute atomic E-state index is 0.0285. The fourth-order valence-corrected chi connectivity index (χ4v) is 3.62. The molecule has 1 atom stereocenters. The van der Waals surface area contributed by atoms with Crippen LogP contribution in [0.3, 0.4) is 0 Å². The third kappa shape index (κ3) is 2.90. The quantitative estimate of drug-likeness (QED) is 0.628. The molecule has 0 saturated carbocycles. The van der Waals surface area contributed by atoms with E-state index in [2.05, 4.69) is 24.0 Å². The van der Waals surface area contributed by atoms with Gasteiger partial charge in [0.1, 0.15) is 16.6 Å². The van der Waals surface area contributed by atoms with Gasteiger partial charge in [0.2, 0.25) is 0 Å². The summed E-state index contributed by atoms with van der Waals surface area (Å²) in [6.45, 7) is 4.76. The Bertz CT molecular complexity index is 802. The van der Waals surface area contributed by atoms with Crippen LogP contribution in [0.4, 0.5) is 0 Å². The van der Waals surface area contributed by atoms with E-state index < -0.39 is 0 Å². The molecule has 4 nitrogen and oxygen atoms in total. The number of amides is 1. The predicted molar refractivity (Wildman–Crippen MR) is 90.7 cm³/mol. The summed E-state index contributed by atoms with van der Waals surface area (Å²) in [5.74, 6) is -0.220.